The van der Waals surface area contributed by atoms with Crippen LogP contribution in [0.4, 0.5) is 0 Å². The number of aromatic nitrogens is 2. The van der Waals surface area contributed by atoms with Crippen LogP contribution in [0, 0.1) is 13.8 Å². The van der Waals surface area contributed by atoms with Gasteiger partial charge in [0.1, 0.15) is 6.04 Å². The number of nitrogens with one attached hydrogen (secondary N) is 2. The van der Waals surface area contributed by atoms with Crippen molar-refractivity contribution < 1.29 is 13.2 Å². The Bertz CT molecular complexity index is 885. The Hall–Kier alpha value is -2.19. The third-order valence-electron chi connectivity index (χ3n) is 4.64. The Labute approximate surface area is 147 Å². The van der Waals surface area contributed by atoms with E-state index in [4.69, 9.17) is 0 Å². The average Bonchev–Trinajstić information content (AvgIpc) is 2.89. The fraction of sp³-hybridized carbons (Fsp3) is 0.412. The lowest BCUT2D eigenvalue weighted by Crippen LogP contribution is -2.51. The Morgan fingerprint density at radius 3 is 2.72 bits per heavy atom. The van der Waals surface area contributed by atoms with Gasteiger partial charge in [0.25, 0.3) is 0 Å². The molecule has 2 N–H and O–H groups in total. The number of aromatic amines is 1. The predicted octanol–water partition coefficient (Wildman–Crippen LogP) is 0.931. The molecular formula is C17H22N4O3S. The molecule has 1 aliphatic rings. The lowest BCUT2D eigenvalue weighted by Gasteiger charge is -2.28. The average molecular weight is 362 g/mol. The number of H-pyrrole nitrogens is 1. The van der Waals surface area contributed by atoms with E-state index in [0.29, 0.717) is 24.9 Å². The number of likely N-dealkylation sites (N-methyl/N-ethyl adjacent to an activating group) is 1. The maximum absolute atomic E-state index is 12.7. The summed E-state index contributed by atoms with van der Waals surface area (Å²) in [5, 5.41) is 7.08. The van der Waals surface area contributed by atoms with E-state index in [1.807, 2.05) is 13.8 Å². The zero-order chi connectivity index (χ0) is 18.2. The smallest absolute Gasteiger partial charge is 0.241 e. The largest absolute Gasteiger partial charge is 0.344 e. The second-order valence-electron chi connectivity index (χ2n) is 6.41. The van der Waals surface area contributed by atoms with Crippen molar-refractivity contribution in [2.24, 2.45) is 0 Å². The number of carbonyl (C=O) groups is 1. The third-order valence-corrected chi connectivity index (χ3v) is 6.21. The topological polar surface area (TPSA) is 95.2 Å². The fourth-order valence-corrected chi connectivity index (χ4v) is 4.62. The number of sulfonamides is 1. The highest BCUT2D eigenvalue weighted by Gasteiger charge is 2.34. The van der Waals surface area contributed by atoms with Gasteiger partial charge in [-0.3, -0.25) is 9.89 Å². The molecule has 0 radical (unpaired) electrons. The standard InChI is InChI=1S/C17H22N4O3S/c1-11-14(12(2)19-18-11)8-9-21(3)17(22)15-10-13-6-4-5-7-16(13)25(23,24)20-15/h4-7,15,20H,8-10H2,1-3H3,(H,18,19)/t15-/m1/s1. The van der Waals surface area contributed by atoms with Crippen molar-refractivity contribution in [1.29, 1.82) is 0 Å². The first-order valence-corrected chi connectivity index (χ1v) is 9.63. The first-order valence-electron chi connectivity index (χ1n) is 8.15. The second-order valence-corrected chi connectivity index (χ2v) is 8.09. The Morgan fingerprint density at radius 1 is 1.32 bits per heavy atom. The molecule has 3 rings (SSSR count). The minimum Gasteiger partial charge on any atom is -0.344 e. The molecule has 0 aliphatic carbocycles. The van der Waals surface area contributed by atoms with Crippen molar-refractivity contribution in [3.8, 4) is 0 Å². The van der Waals surface area contributed by atoms with Crippen molar-refractivity contribution >= 4 is 15.9 Å². The molecule has 7 nitrogen and oxygen atoms in total. The van der Waals surface area contributed by atoms with Crippen LogP contribution in [0.2, 0.25) is 0 Å². The SMILES string of the molecule is Cc1n[nH]c(C)c1CCN(C)C(=O)[C@H]1Cc2ccccc2S(=O)(=O)N1. The van der Waals surface area contributed by atoms with E-state index in [-0.39, 0.29) is 10.8 Å². The van der Waals surface area contributed by atoms with E-state index in [1.165, 1.54) is 0 Å². The monoisotopic (exact) mass is 362 g/mol. The minimum absolute atomic E-state index is 0.225. The van der Waals surface area contributed by atoms with E-state index in [0.717, 1.165) is 17.0 Å². The lowest BCUT2D eigenvalue weighted by molar-refractivity contribution is -0.131. The highest BCUT2D eigenvalue weighted by molar-refractivity contribution is 7.89. The lowest BCUT2D eigenvalue weighted by atomic mass is 10.0. The van der Waals surface area contributed by atoms with E-state index < -0.39 is 16.1 Å². The molecule has 1 aromatic carbocycles. The summed E-state index contributed by atoms with van der Waals surface area (Å²) in [4.78, 5) is 14.5. The molecule has 1 aliphatic heterocycles. The van der Waals surface area contributed by atoms with Gasteiger partial charge in [0.05, 0.1) is 10.6 Å². The van der Waals surface area contributed by atoms with Crippen molar-refractivity contribution in [3.05, 3.63) is 46.8 Å². The van der Waals surface area contributed by atoms with Crippen LogP contribution < -0.4 is 4.72 Å². The summed E-state index contributed by atoms with van der Waals surface area (Å²) < 4.78 is 27.2. The number of fused-ring (bicyclic) bond motifs is 1. The quantitative estimate of drug-likeness (QED) is 0.846. The van der Waals surface area contributed by atoms with Gasteiger partial charge in [0.15, 0.2) is 0 Å². The molecule has 0 spiro atoms. The molecule has 134 valence electrons. The van der Waals surface area contributed by atoms with E-state index in [2.05, 4.69) is 14.9 Å². The molecule has 2 aromatic rings. The van der Waals surface area contributed by atoms with Gasteiger partial charge in [0, 0.05) is 19.3 Å². The van der Waals surface area contributed by atoms with Gasteiger partial charge < -0.3 is 4.90 Å². The highest BCUT2D eigenvalue weighted by atomic mass is 32.2. The maximum Gasteiger partial charge on any atom is 0.241 e. The first-order chi connectivity index (χ1) is 11.8. The van der Waals surface area contributed by atoms with Crippen LogP contribution in [0.5, 0.6) is 0 Å². The van der Waals surface area contributed by atoms with Crippen LogP contribution in [-0.2, 0) is 27.7 Å². The van der Waals surface area contributed by atoms with Crippen molar-refractivity contribution in [1.82, 2.24) is 19.8 Å². The molecule has 1 aromatic heterocycles. The minimum atomic E-state index is -3.65. The van der Waals surface area contributed by atoms with Gasteiger partial charge >= 0.3 is 0 Å². The van der Waals surface area contributed by atoms with Crippen LogP contribution >= 0.6 is 0 Å². The molecule has 1 atom stereocenters. The van der Waals surface area contributed by atoms with Gasteiger partial charge in [-0.05, 0) is 43.9 Å². The van der Waals surface area contributed by atoms with Crippen molar-refractivity contribution in [2.75, 3.05) is 13.6 Å². The molecule has 2 heterocycles. The molecule has 25 heavy (non-hydrogen) atoms. The Kier molecular flexibility index (Phi) is 4.66. The van der Waals surface area contributed by atoms with Gasteiger partial charge in [-0.25, -0.2) is 8.42 Å². The summed E-state index contributed by atoms with van der Waals surface area (Å²) in [6.07, 6.45) is 1.04. The highest BCUT2D eigenvalue weighted by Crippen LogP contribution is 2.23. The van der Waals surface area contributed by atoms with Gasteiger partial charge in [0.2, 0.25) is 15.9 Å². The van der Waals surface area contributed by atoms with E-state index >= 15 is 0 Å². The number of carbonyl (C=O) groups excluding carboxylic acids is 1. The van der Waals surface area contributed by atoms with Gasteiger partial charge in [-0.2, -0.15) is 9.82 Å². The Morgan fingerprint density at radius 2 is 2.04 bits per heavy atom. The number of hydrogen-bond donors (Lipinski definition) is 2. The van der Waals surface area contributed by atoms with Crippen LogP contribution in [0.15, 0.2) is 29.2 Å². The predicted molar refractivity (Wildman–Crippen MR) is 93.7 cm³/mol. The summed E-state index contributed by atoms with van der Waals surface area (Å²) in [6, 6.07) is 6.02. The summed E-state index contributed by atoms with van der Waals surface area (Å²) in [6.45, 7) is 4.37. The van der Waals surface area contributed by atoms with Crippen molar-refractivity contribution in [2.45, 2.75) is 37.6 Å². The molecule has 8 heteroatoms. The first kappa shape index (κ1) is 17.6. The van der Waals surface area contributed by atoms with E-state index in [1.54, 1.807) is 36.2 Å². The van der Waals surface area contributed by atoms with Crippen LogP contribution in [-0.4, -0.2) is 49.1 Å². The normalized spacial score (nSPS) is 18.6. The summed E-state index contributed by atoms with van der Waals surface area (Å²) in [5.41, 5.74) is 3.68. The molecular weight excluding hydrogens is 340 g/mol. The number of rotatable bonds is 4. The number of benzene rings is 1. The maximum atomic E-state index is 12.7. The zero-order valence-corrected chi connectivity index (χ0v) is 15.4. The number of amides is 1. The van der Waals surface area contributed by atoms with Crippen LogP contribution in [0.1, 0.15) is 22.5 Å². The summed E-state index contributed by atoms with van der Waals surface area (Å²) in [7, 11) is -1.96. The number of aryl methyl sites for hydroxylation is 2. The molecule has 0 saturated carbocycles. The number of nitrogens with zero attached hydrogens (tertiary/aromatic N) is 2. The second kappa shape index (κ2) is 6.61. The number of hydrogen-bond acceptors (Lipinski definition) is 4. The summed E-state index contributed by atoms with van der Waals surface area (Å²) in [5.74, 6) is -0.225. The zero-order valence-electron chi connectivity index (χ0n) is 14.5. The van der Waals surface area contributed by atoms with Crippen LogP contribution in [0.25, 0.3) is 0 Å². The summed E-state index contributed by atoms with van der Waals surface area (Å²) >= 11 is 0. The molecule has 0 unspecified atom stereocenters. The van der Waals surface area contributed by atoms with Gasteiger partial charge in [-0.15, -0.1) is 0 Å². The van der Waals surface area contributed by atoms with Gasteiger partial charge in [-0.1, -0.05) is 18.2 Å². The third kappa shape index (κ3) is 3.45. The Balaban J connectivity index is 1.71. The fourth-order valence-electron chi connectivity index (χ4n) is 3.18. The molecule has 0 saturated heterocycles. The van der Waals surface area contributed by atoms with Crippen LogP contribution in [0.3, 0.4) is 0 Å². The molecule has 1 amide bonds. The molecule has 0 fully saturated rings. The molecule has 0 bridgehead atoms. The van der Waals surface area contributed by atoms with E-state index in [9.17, 15) is 13.2 Å². The van der Waals surface area contributed by atoms with Crippen molar-refractivity contribution in [3.63, 3.8) is 0 Å².